The number of ether oxygens (including phenoxy) is 10. The molecule has 602 valence electrons. The second kappa shape index (κ2) is 37.1. The number of carbonyl (C=O) groups excluding carboxylic acids is 2. The van der Waals surface area contributed by atoms with E-state index in [9.17, 15) is 50.6 Å². The normalized spacial score (nSPS) is 26.7. The summed E-state index contributed by atoms with van der Waals surface area (Å²) in [4.78, 5) is 42.3. The highest BCUT2D eigenvalue weighted by molar-refractivity contribution is 5.90. The van der Waals surface area contributed by atoms with E-state index < -0.39 is 114 Å². The van der Waals surface area contributed by atoms with Gasteiger partial charge >= 0.3 is 11.9 Å². The van der Waals surface area contributed by atoms with Gasteiger partial charge in [-0.2, -0.15) is 15.8 Å². The van der Waals surface area contributed by atoms with E-state index in [-0.39, 0.29) is 74.9 Å². The Labute approximate surface area is 659 Å². The van der Waals surface area contributed by atoms with Crippen molar-refractivity contribution in [2.45, 2.75) is 157 Å². The molecule has 13 N–H and O–H groups in total. The quantitative estimate of drug-likeness (QED) is 0.0126. The zero-order chi connectivity index (χ0) is 82.4. The number of carbonyl (C=O) groups is 2. The third kappa shape index (κ3) is 18.3. The molecule has 9 heterocycles. The second-order valence-corrected chi connectivity index (χ2v) is 28.3. The van der Waals surface area contributed by atoms with Crippen LogP contribution in [0.5, 0.6) is 0 Å². The molecule has 16 atom stereocenters. The highest BCUT2D eigenvalue weighted by Gasteiger charge is 2.61. The average molecular weight is 1580 g/mol. The number of esters is 2. The molecule has 0 saturated carbocycles. The maximum Gasteiger partial charge on any atom is 0.338 e. The van der Waals surface area contributed by atoms with E-state index in [0.29, 0.717) is 50.0 Å². The molecule has 5 aromatic heterocycles. The number of nitrogens with zero attached hydrogens (tertiary/aromatic N) is 7. The maximum atomic E-state index is 13.4. The van der Waals surface area contributed by atoms with Gasteiger partial charge in [0.1, 0.15) is 151 Å². The highest BCUT2D eigenvalue weighted by Crippen LogP contribution is 2.50. The van der Waals surface area contributed by atoms with Crippen LogP contribution in [0.25, 0.3) is 22.2 Å². The molecule has 2 unspecified atom stereocenters. The number of furan rings is 3. The number of benzene rings is 5. The molecule has 0 radical (unpaired) electrons. The molecule has 0 aliphatic carbocycles. The smallest absolute Gasteiger partial charge is 0.338 e. The first-order chi connectivity index (χ1) is 55.3. The summed E-state index contributed by atoms with van der Waals surface area (Å²) in [7, 11) is 0. The minimum Gasteiger partial charge on any atom is -0.485 e. The Morgan fingerprint density at radius 3 is 1.39 bits per heavy atom. The van der Waals surface area contributed by atoms with E-state index in [1.165, 1.54) is 38.4 Å². The number of hydrogen-bond donors (Lipinski definition) is 10. The number of hydrogen-bond acceptors (Lipinski definition) is 32. The first-order valence-corrected chi connectivity index (χ1v) is 36.3. The number of nitrogen functional groups attached to an aromatic ring is 3. The Morgan fingerprint density at radius 1 is 0.530 bits per heavy atom. The maximum absolute atomic E-state index is 13.4. The van der Waals surface area contributed by atoms with Gasteiger partial charge in [-0.05, 0) is 82.5 Å². The van der Waals surface area contributed by atoms with Crippen LogP contribution in [0.2, 0.25) is 0 Å². The van der Waals surface area contributed by atoms with Crippen molar-refractivity contribution in [2.75, 3.05) is 50.2 Å². The standard InChI is InChI=1S/C34H32N2O7.C19H21N3O5.C18H20N2O5.C12H15N3O5/c1-23-9-13-26(14-10-23)32(37)40-22-29-31(43-33(38)27-15-11-24(2)12-16-27)34(3,41-20-25-7-5-4-6-8-25)30(42-29)28(19-36)21-39-18-17-35;1-19(26-8-11-5-3-2-4-6-11)16(24)13(7-23)27-17(19)12-9-25-15-14(12)21-10-22-18(15)20;1-18(24-9-11-5-3-2-4-6-11)16(22)14(8-21)25-17(18)12-10-23-13(7-19)15(12)20;1-12(18)9(17)6(2-16)20-10(12)5-3-19-8-7(5)14-4-15-11(8)13/h4-16,21,29-31H,18,20,22H2,1-3H3;2-6,9-10,13,16-17,23-24H,7-8H2,1H3,(H2,20,21,22);2-6,10,14,16-17,21-22H,8-9,20H2,1H3;3-4,6,9-10,16-18H,2H2,1H3,(H2,13,14,15)/b28-21+;;;/t29?,30-,31+,34-;13-,16-,17+,19-;14?,16-,17+,18-;6-,9-,10+,12-/m0111/s1. The van der Waals surface area contributed by atoms with E-state index >= 15 is 0 Å². The van der Waals surface area contributed by atoms with E-state index in [1.807, 2.05) is 117 Å². The topological polar surface area (TPSA) is 508 Å². The SMILES string of the molecule is C[C@@]1(O)[C@H](O)[C@@H](CO)O[C@H]1c1coc2c(N)ncnc12.C[C@@]1(OCc2ccccc2)[C@H](O)C(CO)O[C@H]1c1coc(C#N)c1N.C[C@@]1(OCc2ccccc2)[C@H](O)[C@@H](CO)O[C@H]1c1coc2c(N)ncnc12.Cc1ccc(C(=O)OCC2O[C@@H](/C(C#N)=C/OCC#N)[C@](C)(OCc3ccccc3)[C@@H]2OC(=O)c2ccc(C)cc2)cc1. The third-order valence-electron chi connectivity index (χ3n) is 20.4. The summed E-state index contributed by atoms with van der Waals surface area (Å²) in [6.07, 6.45) is -3.50. The minimum absolute atomic E-state index is 0.00885. The Morgan fingerprint density at radius 2 is 0.957 bits per heavy atom. The van der Waals surface area contributed by atoms with E-state index in [2.05, 4.69) is 26.0 Å². The highest BCUT2D eigenvalue weighted by atomic mass is 16.7. The molecule has 0 spiro atoms. The number of nitriles is 3. The summed E-state index contributed by atoms with van der Waals surface area (Å²) in [5.41, 5.74) is 20.7. The molecule has 115 heavy (non-hydrogen) atoms. The molecular weight excluding hydrogens is 1490 g/mol. The van der Waals surface area contributed by atoms with Crippen LogP contribution in [0.1, 0.15) is 117 Å². The minimum atomic E-state index is -1.58. The van der Waals surface area contributed by atoms with Gasteiger partial charge in [-0.1, -0.05) is 126 Å². The van der Waals surface area contributed by atoms with Crippen molar-refractivity contribution in [1.82, 2.24) is 19.9 Å². The van der Waals surface area contributed by atoms with Crippen LogP contribution >= 0.6 is 0 Å². The lowest BCUT2D eigenvalue weighted by Crippen LogP contribution is -2.51. The monoisotopic (exact) mass is 1580 g/mol. The fraction of sp³-hybridized carbons (Fsp3) is 0.361. The molecule has 4 aliphatic rings. The summed E-state index contributed by atoms with van der Waals surface area (Å²) in [5, 5.41) is 98.1. The van der Waals surface area contributed by atoms with Gasteiger partial charge in [0.25, 0.3) is 0 Å². The van der Waals surface area contributed by atoms with Crippen LogP contribution in [-0.2, 0) is 67.2 Å². The Hall–Kier alpha value is -11.6. The molecule has 10 aromatic rings. The zero-order valence-corrected chi connectivity index (χ0v) is 63.4. The van der Waals surface area contributed by atoms with Crippen LogP contribution in [-0.4, -0.2) is 178 Å². The lowest BCUT2D eigenvalue weighted by molar-refractivity contribution is -0.125. The van der Waals surface area contributed by atoms with Crippen molar-refractivity contribution in [1.29, 1.82) is 15.8 Å². The fourth-order valence-corrected chi connectivity index (χ4v) is 13.8. The summed E-state index contributed by atoms with van der Waals surface area (Å²) in [5.74, 6) is -0.850. The van der Waals surface area contributed by atoms with Crippen molar-refractivity contribution < 1.29 is 106 Å². The number of fused-ring (bicyclic) bond motifs is 2. The lowest BCUT2D eigenvalue weighted by Gasteiger charge is -2.34. The van der Waals surface area contributed by atoms with E-state index in [0.717, 1.165) is 34.1 Å². The zero-order valence-electron chi connectivity index (χ0n) is 63.4. The molecule has 5 aromatic carbocycles. The Bertz CT molecular complexity index is 5090. The summed E-state index contributed by atoms with van der Waals surface area (Å²) < 4.78 is 75.0. The number of rotatable bonds is 23. The van der Waals surface area contributed by atoms with Crippen LogP contribution in [0.3, 0.4) is 0 Å². The van der Waals surface area contributed by atoms with Crippen molar-refractivity contribution >= 4 is 51.5 Å². The number of aliphatic hydroxyl groups excluding tert-OH is 6. The van der Waals surface area contributed by atoms with Gasteiger partial charge in [0, 0.05) is 16.7 Å². The van der Waals surface area contributed by atoms with Gasteiger partial charge < -0.3 is 114 Å². The van der Waals surface area contributed by atoms with Gasteiger partial charge in [0.15, 0.2) is 35.5 Å². The first kappa shape index (κ1) is 84.3. The number of nitrogens with two attached hydrogens (primary N) is 3. The van der Waals surface area contributed by atoms with Crippen molar-refractivity contribution in [3.8, 4) is 18.2 Å². The number of aryl methyl sites for hydroxylation is 2. The predicted octanol–water partition coefficient (Wildman–Crippen LogP) is 7.80. The molecular formula is C83H88N10O22. The number of aliphatic hydroxyl groups is 7. The van der Waals surface area contributed by atoms with Crippen molar-refractivity contribution in [3.63, 3.8) is 0 Å². The molecule has 4 fully saturated rings. The summed E-state index contributed by atoms with van der Waals surface area (Å²) in [6.45, 7) is 9.29. The molecule has 4 saturated heterocycles. The van der Waals surface area contributed by atoms with Gasteiger partial charge in [-0.25, -0.2) is 29.5 Å². The third-order valence-corrected chi connectivity index (χ3v) is 20.4. The van der Waals surface area contributed by atoms with Gasteiger partial charge in [0.05, 0.1) is 74.6 Å². The molecule has 32 nitrogen and oxygen atoms in total. The van der Waals surface area contributed by atoms with Gasteiger partial charge in [-0.15, -0.1) is 0 Å². The molecule has 0 amide bonds. The largest absolute Gasteiger partial charge is 0.485 e. The van der Waals surface area contributed by atoms with E-state index in [4.69, 9.17) is 88.3 Å². The summed E-state index contributed by atoms with van der Waals surface area (Å²) in [6, 6.07) is 48.0. The van der Waals surface area contributed by atoms with Gasteiger partial charge in [0.2, 0.25) is 5.76 Å². The average Bonchev–Trinajstić information content (AvgIpc) is 1.61. The predicted molar refractivity (Wildman–Crippen MR) is 408 cm³/mol. The lowest BCUT2D eigenvalue weighted by atomic mass is 9.88. The van der Waals surface area contributed by atoms with Crippen molar-refractivity contribution in [3.05, 3.63) is 244 Å². The fourth-order valence-electron chi connectivity index (χ4n) is 13.8. The number of anilines is 3. The van der Waals surface area contributed by atoms with Crippen LogP contribution < -0.4 is 17.2 Å². The molecule has 0 bridgehead atoms. The second-order valence-electron chi connectivity index (χ2n) is 28.3. The summed E-state index contributed by atoms with van der Waals surface area (Å²) >= 11 is 0. The van der Waals surface area contributed by atoms with Crippen LogP contribution in [0.4, 0.5) is 17.3 Å². The first-order valence-electron chi connectivity index (χ1n) is 36.3. The Kier molecular flexibility index (Phi) is 27.2. The Balaban J connectivity index is 0.000000157. The number of aromatic nitrogens is 4. The van der Waals surface area contributed by atoms with Gasteiger partial charge in [-0.3, -0.25) is 0 Å². The molecule has 32 heteroatoms. The van der Waals surface area contributed by atoms with E-state index in [1.54, 1.807) is 69.3 Å². The van der Waals surface area contributed by atoms with Crippen molar-refractivity contribution in [2.24, 2.45) is 0 Å². The molecule has 14 rings (SSSR count). The molecule has 4 aliphatic heterocycles. The van der Waals surface area contributed by atoms with Crippen LogP contribution in [0.15, 0.2) is 196 Å². The van der Waals surface area contributed by atoms with Crippen LogP contribution in [0, 0.1) is 47.8 Å².